The molecule has 4 nitrogen and oxygen atoms in total. The van der Waals surface area contributed by atoms with E-state index >= 15 is 0 Å². The van der Waals surface area contributed by atoms with E-state index in [9.17, 15) is 4.79 Å². The molecule has 0 fully saturated rings. The number of methoxy groups -OCH3 is 1. The molecule has 1 aromatic carbocycles. The summed E-state index contributed by atoms with van der Waals surface area (Å²) in [5, 5.41) is 0.817. The highest BCUT2D eigenvalue weighted by Gasteiger charge is 2.13. The SMILES string of the molecule is CCOc1cccc2c(C=O)c(OC)[nH]c12. The molecule has 4 heteroatoms. The van der Waals surface area contributed by atoms with Crippen LogP contribution in [0.1, 0.15) is 17.3 Å². The first kappa shape index (κ1) is 10.5. The summed E-state index contributed by atoms with van der Waals surface area (Å²) in [5.41, 5.74) is 1.32. The summed E-state index contributed by atoms with van der Waals surface area (Å²) >= 11 is 0. The Kier molecular flexibility index (Phi) is 2.81. The molecular weight excluding hydrogens is 206 g/mol. The molecule has 0 radical (unpaired) electrons. The van der Waals surface area contributed by atoms with Crippen LogP contribution < -0.4 is 9.47 Å². The predicted octanol–water partition coefficient (Wildman–Crippen LogP) is 2.39. The second-order valence-corrected chi connectivity index (χ2v) is 3.30. The standard InChI is InChI=1S/C12H13NO3/c1-3-16-10-6-4-5-8-9(7-14)12(15-2)13-11(8)10/h4-7,13H,3H2,1-2H3. The second kappa shape index (κ2) is 4.26. The summed E-state index contributed by atoms with van der Waals surface area (Å²) in [5.74, 6) is 1.20. The second-order valence-electron chi connectivity index (χ2n) is 3.30. The number of aromatic nitrogens is 1. The van der Waals surface area contributed by atoms with Crippen molar-refractivity contribution in [2.24, 2.45) is 0 Å². The largest absolute Gasteiger partial charge is 0.492 e. The molecule has 0 bridgehead atoms. The maximum atomic E-state index is 11.0. The molecule has 2 rings (SSSR count). The van der Waals surface area contributed by atoms with Gasteiger partial charge in [0.25, 0.3) is 0 Å². The lowest BCUT2D eigenvalue weighted by atomic mass is 10.2. The fourth-order valence-electron chi connectivity index (χ4n) is 1.74. The molecule has 1 heterocycles. The van der Waals surface area contributed by atoms with Crippen LogP contribution in [-0.4, -0.2) is 25.0 Å². The molecule has 0 aliphatic heterocycles. The van der Waals surface area contributed by atoms with Crippen LogP contribution in [0, 0.1) is 0 Å². The zero-order valence-corrected chi connectivity index (χ0v) is 9.24. The number of fused-ring (bicyclic) bond motifs is 1. The third-order valence-electron chi connectivity index (χ3n) is 2.42. The third-order valence-corrected chi connectivity index (χ3v) is 2.42. The van der Waals surface area contributed by atoms with E-state index in [1.54, 1.807) is 0 Å². The number of H-pyrrole nitrogens is 1. The Morgan fingerprint density at radius 2 is 2.25 bits per heavy atom. The molecule has 1 aromatic heterocycles. The number of para-hydroxylation sites is 1. The maximum Gasteiger partial charge on any atom is 0.202 e. The Morgan fingerprint density at radius 1 is 1.44 bits per heavy atom. The van der Waals surface area contributed by atoms with Gasteiger partial charge in [0, 0.05) is 5.39 Å². The topological polar surface area (TPSA) is 51.3 Å². The van der Waals surface area contributed by atoms with Crippen LogP contribution >= 0.6 is 0 Å². The van der Waals surface area contributed by atoms with Gasteiger partial charge < -0.3 is 14.5 Å². The number of hydrogen-bond donors (Lipinski definition) is 1. The highest BCUT2D eigenvalue weighted by Crippen LogP contribution is 2.32. The Labute approximate surface area is 93.2 Å². The molecule has 0 aliphatic carbocycles. The lowest BCUT2D eigenvalue weighted by Gasteiger charge is -2.03. The van der Waals surface area contributed by atoms with Crippen LogP contribution in [0.15, 0.2) is 18.2 Å². The zero-order chi connectivity index (χ0) is 11.5. The van der Waals surface area contributed by atoms with E-state index < -0.39 is 0 Å². The minimum Gasteiger partial charge on any atom is -0.492 e. The molecule has 0 unspecified atom stereocenters. The van der Waals surface area contributed by atoms with Gasteiger partial charge in [0.05, 0.1) is 24.8 Å². The quantitative estimate of drug-likeness (QED) is 0.803. The van der Waals surface area contributed by atoms with Crippen molar-refractivity contribution in [3.05, 3.63) is 23.8 Å². The summed E-state index contributed by atoms with van der Waals surface area (Å²) in [4.78, 5) is 14.0. The molecule has 84 valence electrons. The summed E-state index contributed by atoms with van der Waals surface area (Å²) in [7, 11) is 1.53. The van der Waals surface area contributed by atoms with E-state index in [2.05, 4.69) is 4.98 Å². The van der Waals surface area contributed by atoms with Gasteiger partial charge in [-0.2, -0.15) is 0 Å². The summed E-state index contributed by atoms with van der Waals surface area (Å²) < 4.78 is 10.6. The lowest BCUT2D eigenvalue weighted by molar-refractivity contribution is 0.112. The van der Waals surface area contributed by atoms with E-state index in [4.69, 9.17) is 9.47 Å². The van der Waals surface area contributed by atoms with Crippen LogP contribution in [-0.2, 0) is 0 Å². The average Bonchev–Trinajstić information content (AvgIpc) is 2.68. The van der Waals surface area contributed by atoms with Gasteiger partial charge in [0.2, 0.25) is 5.88 Å². The van der Waals surface area contributed by atoms with E-state index in [1.165, 1.54) is 7.11 Å². The van der Waals surface area contributed by atoms with E-state index in [0.717, 1.165) is 22.9 Å². The fraction of sp³-hybridized carbons (Fsp3) is 0.250. The molecule has 0 atom stereocenters. The highest BCUT2D eigenvalue weighted by atomic mass is 16.5. The number of nitrogens with one attached hydrogen (secondary N) is 1. The number of aromatic amines is 1. The van der Waals surface area contributed by atoms with Crippen molar-refractivity contribution in [1.29, 1.82) is 0 Å². The normalized spacial score (nSPS) is 10.4. The third kappa shape index (κ3) is 1.52. The molecular formula is C12H13NO3. The molecule has 0 amide bonds. The molecule has 1 N–H and O–H groups in total. The van der Waals surface area contributed by atoms with Crippen molar-refractivity contribution in [3.8, 4) is 11.6 Å². The van der Waals surface area contributed by atoms with Crippen LogP contribution in [0.25, 0.3) is 10.9 Å². The molecule has 16 heavy (non-hydrogen) atoms. The van der Waals surface area contributed by atoms with Gasteiger partial charge in [-0.25, -0.2) is 0 Å². The van der Waals surface area contributed by atoms with Gasteiger partial charge in [-0.05, 0) is 13.0 Å². The monoisotopic (exact) mass is 219 g/mol. The number of carbonyl (C=O) groups is 1. The zero-order valence-electron chi connectivity index (χ0n) is 9.24. The number of hydrogen-bond acceptors (Lipinski definition) is 3. The van der Waals surface area contributed by atoms with Crippen molar-refractivity contribution >= 4 is 17.2 Å². The molecule has 0 aliphatic rings. The number of carbonyl (C=O) groups excluding carboxylic acids is 1. The van der Waals surface area contributed by atoms with Gasteiger partial charge in [0.15, 0.2) is 6.29 Å². The van der Waals surface area contributed by atoms with Crippen molar-refractivity contribution < 1.29 is 14.3 Å². The Hall–Kier alpha value is -1.97. The first-order valence-corrected chi connectivity index (χ1v) is 5.08. The molecule has 0 saturated carbocycles. The van der Waals surface area contributed by atoms with E-state index in [1.807, 2.05) is 25.1 Å². The van der Waals surface area contributed by atoms with Crippen LogP contribution in [0.5, 0.6) is 11.6 Å². The van der Waals surface area contributed by atoms with Gasteiger partial charge >= 0.3 is 0 Å². The molecule has 0 spiro atoms. The minimum absolute atomic E-state index is 0.470. The first-order chi connectivity index (χ1) is 7.81. The Bertz CT molecular complexity index is 516. The lowest BCUT2D eigenvalue weighted by Crippen LogP contribution is -1.91. The number of aldehydes is 1. The van der Waals surface area contributed by atoms with Crippen molar-refractivity contribution in [2.75, 3.05) is 13.7 Å². The smallest absolute Gasteiger partial charge is 0.202 e. The Balaban J connectivity index is 2.69. The van der Waals surface area contributed by atoms with Gasteiger partial charge in [-0.1, -0.05) is 12.1 Å². The van der Waals surface area contributed by atoms with Gasteiger partial charge in [-0.3, -0.25) is 4.79 Å². The maximum absolute atomic E-state index is 11.0. The number of ether oxygens (including phenoxy) is 2. The predicted molar refractivity (Wildman–Crippen MR) is 61.4 cm³/mol. The van der Waals surface area contributed by atoms with Crippen LogP contribution in [0.3, 0.4) is 0 Å². The van der Waals surface area contributed by atoms with Crippen LogP contribution in [0.4, 0.5) is 0 Å². The van der Waals surface area contributed by atoms with Gasteiger partial charge in [0.1, 0.15) is 5.75 Å². The summed E-state index contributed by atoms with van der Waals surface area (Å²) in [6.07, 6.45) is 0.785. The van der Waals surface area contributed by atoms with Crippen molar-refractivity contribution in [2.45, 2.75) is 6.92 Å². The number of rotatable bonds is 4. The Morgan fingerprint density at radius 3 is 2.88 bits per heavy atom. The average molecular weight is 219 g/mol. The molecule has 0 saturated heterocycles. The fourth-order valence-corrected chi connectivity index (χ4v) is 1.74. The van der Waals surface area contributed by atoms with E-state index in [-0.39, 0.29) is 0 Å². The summed E-state index contributed by atoms with van der Waals surface area (Å²) in [6, 6.07) is 5.57. The van der Waals surface area contributed by atoms with Crippen LogP contribution in [0.2, 0.25) is 0 Å². The highest BCUT2D eigenvalue weighted by molar-refractivity contribution is 6.02. The first-order valence-electron chi connectivity index (χ1n) is 5.08. The molecule has 2 aromatic rings. The van der Waals surface area contributed by atoms with Crippen molar-refractivity contribution in [1.82, 2.24) is 4.98 Å². The number of benzene rings is 1. The minimum atomic E-state index is 0.470. The summed E-state index contributed by atoms with van der Waals surface area (Å²) in [6.45, 7) is 2.50. The van der Waals surface area contributed by atoms with Gasteiger partial charge in [-0.15, -0.1) is 0 Å². The van der Waals surface area contributed by atoms with E-state index in [0.29, 0.717) is 18.1 Å². The van der Waals surface area contributed by atoms with Crippen molar-refractivity contribution in [3.63, 3.8) is 0 Å².